The second-order valence-electron chi connectivity index (χ2n) is 3.91. The summed E-state index contributed by atoms with van der Waals surface area (Å²) in [7, 11) is 1.82. The Morgan fingerprint density at radius 1 is 1.56 bits per heavy atom. The highest BCUT2D eigenvalue weighted by Crippen LogP contribution is 2.21. The van der Waals surface area contributed by atoms with Gasteiger partial charge < -0.3 is 5.11 Å². The van der Waals surface area contributed by atoms with Crippen LogP contribution >= 0.6 is 23.4 Å². The van der Waals surface area contributed by atoms with Crippen LogP contribution in [-0.4, -0.2) is 32.5 Å². The minimum Gasteiger partial charge on any atom is -0.392 e. The van der Waals surface area contributed by atoms with Crippen LogP contribution in [0.3, 0.4) is 0 Å². The van der Waals surface area contributed by atoms with Gasteiger partial charge in [-0.1, -0.05) is 18.5 Å². The molecule has 0 spiro atoms. The van der Waals surface area contributed by atoms with E-state index in [4.69, 9.17) is 11.6 Å². The number of aromatic nitrogens is 2. The summed E-state index contributed by atoms with van der Waals surface area (Å²) in [6.45, 7) is 4.06. The van der Waals surface area contributed by atoms with E-state index in [0.29, 0.717) is 11.6 Å². The summed E-state index contributed by atoms with van der Waals surface area (Å²) in [5.41, 5.74) is 1.88. The van der Waals surface area contributed by atoms with Gasteiger partial charge in [-0.15, -0.1) is 0 Å². The lowest BCUT2D eigenvalue weighted by Crippen LogP contribution is -2.14. The van der Waals surface area contributed by atoms with Crippen LogP contribution < -0.4 is 0 Å². The van der Waals surface area contributed by atoms with Gasteiger partial charge in [-0.25, -0.2) is 0 Å². The second-order valence-corrected chi connectivity index (χ2v) is 5.42. The van der Waals surface area contributed by atoms with E-state index in [1.165, 1.54) is 0 Å². The Morgan fingerprint density at radius 2 is 2.25 bits per heavy atom. The first kappa shape index (κ1) is 13.9. The van der Waals surface area contributed by atoms with Gasteiger partial charge in [0.05, 0.1) is 11.8 Å². The molecule has 1 unspecified atom stereocenters. The maximum atomic E-state index is 9.87. The van der Waals surface area contributed by atoms with Crippen molar-refractivity contribution >= 4 is 23.4 Å². The minimum absolute atomic E-state index is 0.336. The summed E-state index contributed by atoms with van der Waals surface area (Å²) in [4.78, 5) is 0. The van der Waals surface area contributed by atoms with E-state index >= 15 is 0 Å². The maximum Gasteiger partial charge on any atom is 0.130 e. The summed E-state index contributed by atoms with van der Waals surface area (Å²) < 4.78 is 1.65. The molecule has 1 rings (SSSR count). The van der Waals surface area contributed by atoms with Crippen LogP contribution in [0.2, 0.25) is 5.15 Å². The Bertz CT molecular complexity index is 341. The van der Waals surface area contributed by atoms with Crippen LogP contribution in [0.5, 0.6) is 0 Å². The molecule has 0 saturated carbocycles. The highest BCUT2D eigenvalue weighted by Gasteiger charge is 2.15. The average molecular weight is 263 g/mol. The molecule has 0 radical (unpaired) electrons. The van der Waals surface area contributed by atoms with Gasteiger partial charge in [-0.05, 0) is 19.1 Å². The van der Waals surface area contributed by atoms with E-state index in [0.717, 1.165) is 29.2 Å². The standard InChI is InChI=1S/C11H19ClN2OS/c1-4-5-16-7-9(15)6-10-8(2)13-14(3)11(10)12/h9,15H,4-7H2,1-3H3. The molecule has 1 aromatic rings. The molecular weight excluding hydrogens is 244 g/mol. The molecule has 0 aromatic carbocycles. The topological polar surface area (TPSA) is 38.1 Å². The predicted octanol–water partition coefficient (Wildman–Crippen LogP) is 2.43. The molecule has 1 aromatic heterocycles. The van der Waals surface area contributed by atoms with Crippen LogP contribution in [-0.2, 0) is 13.5 Å². The summed E-state index contributed by atoms with van der Waals surface area (Å²) >= 11 is 7.88. The lowest BCUT2D eigenvalue weighted by Gasteiger charge is -2.09. The van der Waals surface area contributed by atoms with Crippen molar-refractivity contribution in [1.29, 1.82) is 0 Å². The summed E-state index contributed by atoms with van der Waals surface area (Å²) in [6.07, 6.45) is 1.40. The zero-order valence-corrected chi connectivity index (χ0v) is 11.6. The van der Waals surface area contributed by atoms with Crippen LogP contribution in [0.1, 0.15) is 24.6 Å². The van der Waals surface area contributed by atoms with Gasteiger partial charge in [-0.2, -0.15) is 16.9 Å². The molecule has 0 aliphatic heterocycles. The normalized spacial score (nSPS) is 13.1. The Kier molecular flexibility index (Phi) is 5.66. The van der Waals surface area contributed by atoms with Crippen LogP contribution in [0.25, 0.3) is 0 Å². The van der Waals surface area contributed by atoms with E-state index in [1.807, 2.05) is 14.0 Å². The van der Waals surface area contributed by atoms with Gasteiger partial charge in [0, 0.05) is 24.8 Å². The molecule has 0 saturated heterocycles. The maximum absolute atomic E-state index is 9.87. The van der Waals surface area contributed by atoms with Gasteiger partial charge in [-0.3, -0.25) is 4.68 Å². The third-order valence-electron chi connectivity index (χ3n) is 2.37. The summed E-state index contributed by atoms with van der Waals surface area (Å²) in [6, 6.07) is 0. The first-order valence-corrected chi connectivity index (χ1v) is 7.03. The van der Waals surface area contributed by atoms with Crippen LogP contribution in [0.15, 0.2) is 0 Å². The van der Waals surface area contributed by atoms with Gasteiger partial charge >= 0.3 is 0 Å². The highest BCUT2D eigenvalue weighted by molar-refractivity contribution is 7.99. The van der Waals surface area contributed by atoms with Crippen molar-refractivity contribution < 1.29 is 5.11 Å². The van der Waals surface area contributed by atoms with Crippen molar-refractivity contribution in [2.75, 3.05) is 11.5 Å². The lowest BCUT2D eigenvalue weighted by atomic mass is 10.1. The molecule has 16 heavy (non-hydrogen) atoms. The SMILES string of the molecule is CCCSCC(O)Cc1c(C)nn(C)c1Cl. The minimum atomic E-state index is -0.336. The van der Waals surface area contributed by atoms with E-state index in [-0.39, 0.29) is 6.10 Å². The van der Waals surface area contributed by atoms with Gasteiger partial charge in [0.2, 0.25) is 0 Å². The molecule has 1 heterocycles. The number of hydrogen-bond acceptors (Lipinski definition) is 3. The fourth-order valence-corrected chi connectivity index (χ4v) is 2.66. The number of aryl methyl sites for hydroxylation is 2. The monoisotopic (exact) mass is 262 g/mol. The van der Waals surface area contributed by atoms with Crippen molar-refractivity contribution in [3.63, 3.8) is 0 Å². The van der Waals surface area contributed by atoms with Gasteiger partial charge in [0.25, 0.3) is 0 Å². The summed E-state index contributed by atoms with van der Waals surface area (Å²) in [5.74, 6) is 1.86. The van der Waals surface area contributed by atoms with Gasteiger partial charge in [0.1, 0.15) is 5.15 Å². The number of hydrogen-bond donors (Lipinski definition) is 1. The fourth-order valence-electron chi connectivity index (χ4n) is 1.56. The molecule has 0 fully saturated rings. The molecule has 5 heteroatoms. The third-order valence-corrected chi connectivity index (χ3v) is 4.16. The molecular formula is C11H19ClN2OS. The number of nitrogens with zero attached hydrogens (tertiary/aromatic N) is 2. The van der Waals surface area contributed by atoms with Crippen molar-refractivity contribution in [2.45, 2.75) is 32.8 Å². The predicted molar refractivity (Wildman–Crippen MR) is 70.3 cm³/mol. The summed E-state index contributed by atoms with van der Waals surface area (Å²) in [5, 5.41) is 14.7. The zero-order valence-electron chi connectivity index (χ0n) is 10.0. The first-order chi connectivity index (χ1) is 7.56. The Balaban J connectivity index is 2.52. The second kappa shape index (κ2) is 6.52. The zero-order chi connectivity index (χ0) is 12.1. The molecule has 0 aliphatic rings. The number of aliphatic hydroxyl groups is 1. The molecule has 1 N–H and O–H groups in total. The first-order valence-electron chi connectivity index (χ1n) is 5.50. The molecule has 3 nitrogen and oxygen atoms in total. The van der Waals surface area contributed by atoms with Crippen molar-refractivity contribution in [1.82, 2.24) is 9.78 Å². The Hall–Kier alpha value is -0.190. The lowest BCUT2D eigenvalue weighted by molar-refractivity contribution is 0.200. The molecule has 92 valence electrons. The number of halogens is 1. The molecule has 0 bridgehead atoms. The van der Waals surface area contributed by atoms with Crippen LogP contribution in [0.4, 0.5) is 0 Å². The number of aliphatic hydroxyl groups excluding tert-OH is 1. The van der Waals surface area contributed by atoms with E-state index in [9.17, 15) is 5.11 Å². The average Bonchev–Trinajstić information content (AvgIpc) is 2.46. The fraction of sp³-hybridized carbons (Fsp3) is 0.727. The van der Waals surface area contributed by atoms with E-state index in [1.54, 1.807) is 16.4 Å². The third kappa shape index (κ3) is 3.68. The van der Waals surface area contributed by atoms with Gasteiger partial charge in [0.15, 0.2) is 0 Å². The van der Waals surface area contributed by atoms with Crippen LogP contribution in [0, 0.1) is 6.92 Å². The number of thioether (sulfide) groups is 1. The van der Waals surface area contributed by atoms with Crippen molar-refractivity contribution in [2.24, 2.45) is 7.05 Å². The Labute approximate surface area is 106 Å². The number of rotatable bonds is 6. The van der Waals surface area contributed by atoms with E-state index < -0.39 is 0 Å². The van der Waals surface area contributed by atoms with E-state index in [2.05, 4.69) is 12.0 Å². The quantitative estimate of drug-likeness (QED) is 0.801. The molecule has 0 amide bonds. The van der Waals surface area contributed by atoms with Crippen molar-refractivity contribution in [3.05, 3.63) is 16.4 Å². The Morgan fingerprint density at radius 3 is 2.75 bits per heavy atom. The highest BCUT2D eigenvalue weighted by atomic mass is 35.5. The largest absolute Gasteiger partial charge is 0.392 e. The molecule has 0 aliphatic carbocycles. The smallest absolute Gasteiger partial charge is 0.130 e. The molecule has 1 atom stereocenters. The van der Waals surface area contributed by atoms with Crippen molar-refractivity contribution in [3.8, 4) is 0 Å².